The number of carbonyl (C=O) groups excluding carboxylic acids is 2. The lowest BCUT2D eigenvalue weighted by Gasteiger charge is -2.09. The van der Waals surface area contributed by atoms with Crippen LogP contribution in [0.15, 0.2) is 35.7 Å². The molecule has 4 aromatic rings. The van der Waals surface area contributed by atoms with Gasteiger partial charge in [-0.1, -0.05) is 11.8 Å². The lowest BCUT2D eigenvalue weighted by atomic mass is 10.1. The second kappa shape index (κ2) is 10.3. The van der Waals surface area contributed by atoms with Crippen LogP contribution >= 0.6 is 23.1 Å². The largest absolute Gasteiger partial charge is 0.462 e. The van der Waals surface area contributed by atoms with Gasteiger partial charge in [-0.15, -0.1) is 21.5 Å². The molecule has 4 rings (SSSR count). The molecule has 4 aromatic heterocycles. The molecule has 0 unspecified atom stereocenters. The molecule has 1 N–H and O–H groups in total. The summed E-state index contributed by atoms with van der Waals surface area (Å²) in [5, 5.41) is 12.9. The van der Waals surface area contributed by atoms with Crippen LogP contribution < -0.4 is 5.32 Å². The van der Waals surface area contributed by atoms with Gasteiger partial charge in [-0.05, 0) is 51.5 Å². The summed E-state index contributed by atoms with van der Waals surface area (Å²) in [6.07, 6.45) is 3.41. The number of nitrogens with zero attached hydrogens (tertiary/aromatic N) is 5. The summed E-state index contributed by atoms with van der Waals surface area (Å²) in [5.41, 5.74) is 3.13. The molecule has 0 bridgehead atoms. The van der Waals surface area contributed by atoms with E-state index in [1.165, 1.54) is 23.1 Å². The molecular formula is C23H24N6O3S2. The number of thioether (sulfide) groups is 1. The molecule has 34 heavy (non-hydrogen) atoms. The first-order valence-corrected chi connectivity index (χ1v) is 12.6. The molecule has 0 atom stereocenters. The second-order valence-electron chi connectivity index (χ2n) is 7.41. The van der Waals surface area contributed by atoms with Gasteiger partial charge in [-0.25, -0.2) is 9.78 Å². The van der Waals surface area contributed by atoms with Crippen LogP contribution in [0.3, 0.4) is 0 Å². The van der Waals surface area contributed by atoms with Gasteiger partial charge in [-0.2, -0.15) is 0 Å². The summed E-state index contributed by atoms with van der Waals surface area (Å²) < 4.78 is 7.17. The zero-order valence-corrected chi connectivity index (χ0v) is 20.9. The van der Waals surface area contributed by atoms with Gasteiger partial charge in [-0.3, -0.25) is 9.78 Å². The minimum atomic E-state index is -0.474. The number of nitrogens with one attached hydrogen (secondary N) is 1. The first-order valence-electron chi connectivity index (χ1n) is 10.8. The summed E-state index contributed by atoms with van der Waals surface area (Å²) in [5.74, 6) is 0.0924. The van der Waals surface area contributed by atoms with E-state index in [2.05, 4.69) is 25.5 Å². The highest BCUT2D eigenvalue weighted by atomic mass is 32.2. The first kappa shape index (κ1) is 23.8. The molecule has 0 aliphatic heterocycles. The van der Waals surface area contributed by atoms with Crippen molar-refractivity contribution >= 4 is 50.9 Å². The molecule has 0 fully saturated rings. The summed E-state index contributed by atoms with van der Waals surface area (Å²) >= 11 is 2.51. The standard InChI is InChI=1S/C23H24N6O3S2/c1-5-29-20(15-7-9-24-10-8-15)27-28-23(29)33-12-16(30)26-18-17-13(3)11-14(4)25-21(17)34-19(18)22(31)32-6-2/h7-11H,5-6,12H2,1-4H3,(H,26,30). The zero-order valence-electron chi connectivity index (χ0n) is 19.3. The Labute approximate surface area is 205 Å². The molecule has 0 aromatic carbocycles. The number of aryl methyl sites for hydroxylation is 2. The fourth-order valence-electron chi connectivity index (χ4n) is 3.60. The van der Waals surface area contributed by atoms with Crippen LogP contribution in [0.4, 0.5) is 5.69 Å². The highest BCUT2D eigenvalue weighted by molar-refractivity contribution is 7.99. The maximum atomic E-state index is 12.9. The molecule has 0 radical (unpaired) electrons. The number of pyridine rings is 2. The number of carbonyl (C=O) groups is 2. The molecular weight excluding hydrogens is 472 g/mol. The molecule has 176 valence electrons. The maximum absolute atomic E-state index is 12.9. The Kier molecular flexibility index (Phi) is 7.23. The minimum absolute atomic E-state index is 0.104. The molecule has 0 spiro atoms. The van der Waals surface area contributed by atoms with Gasteiger partial charge >= 0.3 is 5.97 Å². The number of rotatable bonds is 8. The Balaban J connectivity index is 1.57. The average molecular weight is 497 g/mol. The molecule has 9 nitrogen and oxygen atoms in total. The van der Waals surface area contributed by atoms with E-state index in [4.69, 9.17) is 4.74 Å². The van der Waals surface area contributed by atoms with Crippen molar-refractivity contribution < 1.29 is 14.3 Å². The van der Waals surface area contributed by atoms with E-state index in [0.29, 0.717) is 27.1 Å². The Morgan fingerprint density at radius 2 is 1.94 bits per heavy atom. The Morgan fingerprint density at radius 1 is 1.18 bits per heavy atom. The van der Waals surface area contributed by atoms with Crippen LogP contribution in [0, 0.1) is 13.8 Å². The van der Waals surface area contributed by atoms with Gasteiger partial charge in [0.05, 0.1) is 18.0 Å². The summed E-state index contributed by atoms with van der Waals surface area (Å²) in [6.45, 7) is 8.48. The monoisotopic (exact) mass is 496 g/mol. The predicted molar refractivity (Wildman–Crippen MR) is 133 cm³/mol. The fraction of sp³-hybridized carbons (Fsp3) is 0.304. The van der Waals surface area contributed by atoms with Gasteiger partial charge in [0.2, 0.25) is 5.91 Å². The molecule has 0 saturated carbocycles. The van der Waals surface area contributed by atoms with Crippen molar-refractivity contribution in [3.8, 4) is 11.4 Å². The number of esters is 1. The van der Waals surface area contributed by atoms with E-state index in [-0.39, 0.29) is 18.3 Å². The van der Waals surface area contributed by atoms with Crippen molar-refractivity contribution in [1.29, 1.82) is 0 Å². The number of ether oxygens (including phenoxy) is 1. The van der Waals surface area contributed by atoms with Gasteiger partial charge < -0.3 is 14.6 Å². The number of fused-ring (bicyclic) bond motifs is 1. The lowest BCUT2D eigenvalue weighted by molar-refractivity contribution is -0.113. The highest BCUT2D eigenvalue weighted by Gasteiger charge is 2.24. The quantitative estimate of drug-likeness (QED) is 0.280. The first-order chi connectivity index (χ1) is 16.4. The number of thiophene rings is 1. The van der Waals surface area contributed by atoms with Crippen LogP contribution in [0.25, 0.3) is 21.6 Å². The van der Waals surface area contributed by atoms with E-state index in [1.807, 2.05) is 43.5 Å². The molecule has 0 saturated heterocycles. The Morgan fingerprint density at radius 3 is 2.65 bits per heavy atom. The number of amides is 1. The number of hydrogen-bond acceptors (Lipinski definition) is 9. The molecule has 0 aliphatic carbocycles. The Hall–Kier alpha value is -3.31. The van der Waals surface area contributed by atoms with Crippen molar-refractivity contribution in [2.45, 2.75) is 39.4 Å². The van der Waals surface area contributed by atoms with E-state index < -0.39 is 5.97 Å². The number of anilines is 1. The van der Waals surface area contributed by atoms with Gasteiger partial charge in [0.25, 0.3) is 0 Å². The summed E-state index contributed by atoms with van der Waals surface area (Å²) in [4.78, 5) is 35.2. The lowest BCUT2D eigenvalue weighted by Crippen LogP contribution is -2.17. The zero-order chi connectivity index (χ0) is 24.2. The van der Waals surface area contributed by atoms with Gasteiger partial charge in [0.1, 0.15) is 9.71 Å². The summed E-state index contributed by atoms with van der Waals surface area (Å²) in [6, 6.07) is 5.67. The minimum Gasteiger partial charge on any atom is -0.462 e. The van der Waals surface area contributed by atoms with Crippen molar-refractivity contribution in [2.75, 3.05) is 17.7 Å². The molecule has 1 amide bonds. The normalized spacial score (nSPS) is 11.1. The van der Waals surface area contributed by atoms with Gasteiger partial charge in [0, 0.05) is 35.6 Å². The van der Waals surface area contributed by atoms with E-state index in [1.54, 1.807) is 19.3 Å². The van der Waals surface area contributed by atoms with Crippen LogP contribution in [0.1, 0.15) is 34.8 Å². The number of hydrogen-bond donors (Lipinski definition) is 1. The van der Waals surface area contributed by atoms with E-state index in [0.717, 1.165) is 28.0 Å². The summed E-state index contributed by atoms with van der Waals surface area (Å²) in [7, 11) is 0. The number of aromatic nitrogens is 5. The second-order valence-corrected chi connectivity index (χ2v) is 9.35. The van der Waals surface area contributed by atoms with Crippen LogP contribution in [0.2, 0.25) is 0 Å². The highest BCUT2D eigenvalue weighted by Crippen LogP contribution is 2.38. The van der Waals surface area contributed by atoms with Crippen LogP contribution in [-0.4, -0.2) is 49.0 Å². The molecule has 4 heterocycles. The predicted octanol–water partition coefficient (Wildman–Crippen LogP) is 4.49. The van der Waals surface area contributed by atoms with Gasteiger partial charge in [0.15, 0.2) is 11.0 Å². The molecule has 0 aliphatic rings. The Bertz CT molecular complexity index is 1350. The maximum Gasteiger partial charge on any atom is 0.350 e. The fourth-order valence-corrected chi connectivity index (χ4v) is 5.55. The SMILES string of the molecule is CCOC(=O)c1sc2nc(C)cc(C)c2c1NC(=O)CSc1nnc(-c2ccncc2)n1CC. The van der Waals surface area contributed by atoms with E-state index in [9.17, 15) is 9.59 Å². The van der Waals surface area contributed by atoms with Crippen LogP contribution in [0.5, 0.6) is 0 Å². The third-order valence-electron chi connectivity index (χ3n) is 5.02. The molecule has 11 heteroatoms. The van der Waals surface area contributed by atoms with Crippen molar-refractivity contribution in [1.82, 2.24) is 24.7 Å². The van der Waals surface area contributed by atoms with E-state index >= 15 is 0 Å². The van der Waals surface area contributed by atoms with Crippen molar-refractivity contribution in [2.24, 2.45) is 0 Å². The van der Waals surface area contributed by atoms with Crippen molar-refractivity contribution in [3.05, 3.63) is 46.7 Å². The van der Waals surface area contributed by atoms with Crippen molar-refractivity contribution in [3.63, 3.8) is 0 Å². The third kappa shape index (κ3) is 4.80. The third-order valence-corrected chi connectivity index (χ3v) is 7.05. The topological polar surface area (TPSA) is 112 Å². The average Bonchev–Trinajstić information content (AvgIpc) is 3.39. The van der Waals surface area contributed by atoms with Crippen LogP contribution in [-0.2, 0) is 16.1 Å². The smallest absolute Gasteiger partial charge is 0.350 e.